The van der Waals surface area contributed by atoms with Crippen LogP contribution in [0.2, 0.25) is 0 Å². The van der Waals surface area contributed by atoms with Crippen molar-refractivity contribution in [1.82, 2.24) is 0 Å². The van der Waals surface area contributed by atoms with E-state index in [0.717, 1.165) is 0 Å². The van der Waals surface area contributed by atoms with Gasteiger partial charge >= 0.3 is 0 Å². The number of aliphatic hydroxyl groups is 1. The van der Waals surface area contributed by atoms with E-state index < -0.39 is 10.8 Å². The molecule has 0 aromatic heterocycles. The molecule has 2 unspecified atom stereocenters. The molecule has 2 aliphatic rings. The van der Waals surface area contributed by atoms with Gasteiger partial charge in [-0.15, -0.1) is 0 Å². The van der Waals surface area contributed by atoms with Crippen molar-refractivity contribution >= 4 is 23.2 Å². The average molecular weight is 179 g/mol. The van der Waals surface area contributed by atoms with Crippen molar-refractivity contribution in [2.24, 2.45) is 0 Å². The van der Waals surface area contributed by atoms with Crippen LogP contribution >= 0.6 is 23.2 Å². The van der Waals surface area contributed by atoms with E-state index in [1.807, 2.05) is 0 Å². The third-order valence-corrected chi connectivity index (χ3v) is 2.43. The summed E-state index contributed by atoms with van der Waals surface area (Å²) in [5, 5.41) is 8.50. The quantitative estimate of drug-likeness (QED) is 0.449. The minimum Gasteiger partial charge on any atom is -0.358 e. The van der Waals surface area contributed by atoms with Gasteiger partial charge in [0.2, 0.25) is 5.06 Å². The van der Waals surface area contributed by atoms with Crippen molar-refractivity contribution in [3.63, 3.8) is 0 Å². The van der Waals surface area contributed by atoms with Crippen molar-refractivity contribution in [3.8, 4) is 0 Å². The van der Waals surface area contributed by atoms with Crippen LogP contribution in [0.3, 0.4) is 0 Å². The van der Waals surface area contributed by atoms with Crippen LogP contribution < -0.4 is 0 Å². The van der Waals surface area contributed by atoms with Gasteiger partial charge < -0.3 is 9.84 Å². The highest BCUT2D eigenvalue weighted by Gasteiger charge is 2.71. The number of hydrogen-bond donors (Lipinski definition) is 1. The Bertz CT molecular complexity index is 248. The van der Waals surface area contributed by atoms with Crippen LogP contribution in [0.25, 0.3) is 0 Å². The molecule has 0 amide bonds. The molecule has 0 spiro atoms. The highest BCUT2D eigenvalue weighted by molar-refractivity contribution is 6.35. The summed E-state index contributed by atoms with van der Waals surface area (Å²) in [5.41, 5.74) is 0. The highest BCUT2D eigenvalue weighted by Crippen LogP contribution is 2.57. The van der Waals surface area contributed by atoms with E-state index in [4.69, 9.17) is 27.9 Å². The molecule has 1 saturated heterocycles. The summed E-state index contributed by atoms with van der Waals surface area (Å²) in [5.74, 6) is -1.45. The van der Waals surface area contributed by atoms with Gasteiger partial charge in [-0.25, -0.2) is 0 Å². The number of alkyl halides is 1. The van der Waals surface area contributed by atoms with E-state index in [0.29, 0.717) is 0 Å². The van der Waals surface area contributed by atoms with Gasteiger partial charge in [-0.2, -0.15) is 0 Å². The highest BCUT2D eigenvalue weighted by atomic mass is 35.5. The first-order valence-electron chi connectivity index (χ1n) is 2.75. The van der Waals surface area contributed by atoms with Crippen LogP contribution in [0.1, 0.15) is 0 Å². The van der Waals surface area contributed by atoms with Gasteiger partial charge in [0, 0.05) is 0 Å². The standard InChI is InChI=1S/C6H4Cl2O2/c7-4-2-1-3-5(8)6(4,9)10-5/h1-3,9H. The number of fused-ring (bicyclic) bond motifs is 1. The monoisotopic (exact) mass is 178 g/mol. The normalized spacial score (nSPS) is 50.1. The fourth-order valence-electron chi connectivity index (χ4n) is 0.917. The smallest absolute Gasteiger partial charge is 0.254 e. The molecule has 2 nitrogen and oxygen atoms in total. The van der Waals surface area contributed by atoms with Gasteiger partial charge in [-0.3, -0.25) is 0 Å². The molecular weight excluding hydrogens is 175 g/mol. The Balaban J connectivity index is 2.44. The third-order valence-electron chi connectivity index (χ3n) is 1.59. The summed E-state index contributed by atoms with van der Waals surface area (Å²) in [7, 11) is 0. The molecule has 0 bridgehead atoms. The zero-order chi connectivity index (χ0) is 7.41. The Morgan fingerprint density at radius 1 is 1.60 bits per heavy atom. The van der Waals surface area contributed by atoms with Crippen molar-refractivity contribution in [3.05, 3.63) is 23.3 Å². The van der Waals surface area contributed by atoms with E-state index in [2.05, 4.69) is 0 Å². The second kappa shape index (κ2) is 1.59. The fraction of sp³-hybridized carbons (Fsp3) is 0.333. The molecule has 1 heterocycles. The van der Waals surface area contributed by atoms with Crippen LogP contribution in [0.15, 0.2) is 23.3 Å². The lowest BCUT2D eigenvalue weighted by molar-refractivity contribution is 0.0781. The fourth-order valence-corrected chi connectivity index (χ4v) is 1.50. The Morgan fingerprint density at radius 2 is 2.30 bits per heavy atom. The van der Waals surface area contributed by atoms with Crippen LogP contribution in [0, 0.1) is 0 Å². The molecule has 10 heavy (non-hydrogen) atoms. The van der Waals surface area contributed by atoms with Gasteiger partial charge in [0.05, 0.1) is 5.03 Å². The van der Waals surface area contributed by atoms with Crippen molar-refractivity contribution in [1.29, 1.82) is 0 Å². The van der Waals surface area contributed by atoms with Crippen LogP contribution in [0.5, 0.6) is 0 Å². The molecule has 0 saturated carbocycles. The molecule has 1 N–H and O–H groups in total. The molecule has 2 atom stereocenters. The van der Waals surface area contributed by atoms with Gasteiger partial charge in [-0.05, 0) is 12.2 Å². The maximum atomic E-state index is 9.37. The van der Waals surface area contributed by atoms with Gasteiger partial charge in [-0.1, -0.05) is 29.3 Å². The Hall–Kier alpha value is -0.0200. The lowest BCUT2D eigenvalue weighted by Gasteiger charge is -2.07. The molecular formula is C6H4Cl2O2. The summed E-state index contributed by atoms with van der Waals surface area (Å²) in [6.45, 7) is 0. The first-order chi connectivity index (χ1) is 4.58. The predicted molar refractivity (Wildman–Crippen MR) is 37.7 cm³/mol. The Kier molecular flexibility index (Phi) is 1.06. The summed E-state index contributed by atoms with van der Waals surface area (Å²) in [6, 6.07) is 0. The maximum absolute atomic E-state index is 9.37. The molecule has 1 aliphatic carbocycles. The minimum atomic E-state index is -1.45. The molecule has 0 aromatic carbocycles. The van der Waals surface area contributed by atoms with Crippen LogP contribution in [-0.2, 0) is 4.74 Å². The number of hydrogen-bond acceptors (Lipinski definition) is 2. The van der Waals surface area contributed by atoms with Gasteiger partial charge in [0.25, 0.3) is 5.79 Å². The van der Waals surface area contributed by atoms with E-state index in [1.165, 1.54) is 0 Å². The molecule has 0 radical (unpaired) electrons. The van der Waals surface area contributed by atoms with E-state index >= 15 is 0 Å². The zero-order valence-corrected chi connectivity index (χ0v) is 6.36. The number of halogens is 2. The predicted octanol–water partition coefficient (Wildman–Crippen LogP) is 1.33. The number of allylic oxidation sites excluding steroid dienone is 2. The summed E-state index contributed by atoms with van der Waals surface area (Å²) in [6.07, 6.45) is 4.76. The second-order valence-electron chi connectivity index (χ2n) is 2.26. The Labute approximate surface area is 67.7 Å². The van der Waals surface area contributed by atoms with E-state index in [1.54, 1.807) is 18.2 Å². The SMILES string of the molecule is OC12OC1(Cl)C=CC=C2Cl. The third kappa shape index (κ3) is 0.576. The topological polar surface area (TPSA) is 32.8 Å². The number of ether oxygens (including phenoxy) is 1. The lowest BCUT2D eigenvalue weighted by atomic mass is 10.1. The molecule has 1 aliphatic heterocycles. The Morgan fingerprint density at radius 3 is 2.80 bits per heavy atom. The minimum absolute atomic E-state index is 0.227. The van der Waals surface area contributed by atoms with E-state index in [9.17, 15) is 5.11 Å². The molecule has 1 fully saturated rings. The van der Waals surface area contributed by atoms with E-state index in [-0.39, 0.29) is 5.03 Å². The summed E-state index contributed by atoms with van der Waals surface area (Å²) in [4.78, 5) is 0. The first kappa shape index (κ1) is 6.68. The summed E-state index contributed by atoms with van der Waals surface area (Å²) < 4.78 is 4.80. The van der Waals surface area contributed by atoms with Crippen molar-refractivity contribution in [2.45, 2.75) is 10.8 Å². The zero-order valence-electron chi connectivity index (χ0n) is 4.84. The lowest BCUT2D eigenvalue weighted by Crippen LogP contribution is -2.21. The molecule has 54 valence electrons. The molecule has 0 aromatic rings. The number of epoxide rings is 1. The second-order valence-corrected chi connectivity index (χ2v) is 3.23. The molecule has 2 rings (SSSR count). The van der Waals surface area contributed by atoms with Gasteiger partial charge in [0.15, 0.2) is 0 Å². The largest absolute Gasteiger partial charge is 0.358 e. The number of rotatable bonds is 0. The first-order valence-corrected chi connectivity index (χ1v) is 3.51. The van der Waals surface area contributed by atoms with Crippen molar-refractivity contribution < 1.29 is 9.84 Å². The molecule has 4 heteroatoms. The summed E-state index contributed by atoms with van der Waals surface area (Å²) >= 11 is 11.3. The van der Waals surface area contributed by atoms with Crippen LogP contribution in [-0.4, -0.2) is 16.0 Å². The van der Waals surface area contributed by atoms with Gasteiger partial charge in [0.1, 0.15) is 0 Å². The van der Waals surface area contributed by atoms with Crippen LogP contribution in [0.4, 0.5) is 0 Å². The average Bonchev–Trinajstić information content (AvgIpc) is 2.38. The van der Waals surface area contributed by atoms with Crippen molar-refractivity contribution in [2.75, 3.05) is 0 Å². The maximum Gasteiger partial charge on any atom is 0.254 e.